The fourth-order valence-corrected chi connectivity index (χ4v) is 1.65. The van der Waals surface area contributed by atoms with E-state index in [-0.39, 0.29) is 12.0 Å². The molecule has 0 saturated heterocycles. The Morgan fingerprint density at radius 1 is 1.18 bits per heavy atom. The van der Waals surface area contributed by atoms with Crippen LogP contribution in [-0.2, 0) is 6.54 Å². The van der Waals surface area contributed by atoms with Crippen LogP contribution in [0, 0.1) is 17.0 Å². The number of rotatable bonds is 6. The second-order valence-corrected chi connectivity index (χ2v) is 5.02. The molecule has 0 atom stereocenters. The molecule has 0 aliphatic carbocycles. The molecule has 0 fully saturated rings. The monoisotopic (exact) mass is 243 g/mol. The van der Waals surface area contributed by atoms with E-state index in [0.29, 0.717) is 25.1 Å². The number of benzene rings is 1. The maximum absolute atomic E-state index is 12.9. The maximum Gasteiger partial charge on any atom is 0.126 e. The van der Waals surface area contributed by atoms with Crippen LogP contribution in [0.1, 0.15) is 25.8 Å². The Bertz CT molecular complexity index is 346. The van der Waals surface area contributed by atoms with E-state index in [1.54, 1.807) is 0 Å². The van der Waals surface area contributed by atoms with Gasteiger partial charge in [0.2, 0.25) is 0 Å². The van der Waals surface area contributed by atoms with Gasteiger partial charge in [-0.2, -0.15) is 0 Å². The predicted octanol–water partition coefficient (Wildman–Crippen LogP) is 2.46. The number of aliphatic hydroxyl groups is 1. The van der Waals surface area contributed by atoms with Crippen LogP contribution in [0.5, 0.6) is 0 Å². The lowest BCUT2D eigenvalue weighted by molar-refractivity contribution is 0.207. The van der Waals surface area contributed by atoms with Crippen LogP contribution < -0.4 is 5.32 Å². The van der Waals surface area contributed by atoms with E-state index in [4.69, 9.17) is 5.11 Å². The molecule has 0 aliphatic rings. The molecule has 0 unspecified atom stereocenters. The van der Waals surface area contributed by atoms with Crippen LogP contribution in [0.4, 0.5) is 8.78 Å². The van der Waals surface area contributed by atoms with E-state index in [2.05, 4.69) is 5.32 Å². The summed E-state index contributed by atoms with van der Waals surface area (Å²) in [6.45, 7) is 5.31. The molecule has 4 heteroatoms. The summed E-state index contributed by atoms with van der Waals surface area (Å²) < 4.78 is 25.8. The fraction of sp³-hybridized carbons (Fsp3) is 0.538. The van der Waals surface area contributed by atoms with Crippen molar-refractivity contribution in [3.05, 3.63) is 35.4 Å². The summed E-state index contributed by atoms with van der Waals surface area (Å²) in [4.78, 5) is 0. The van der Waals surface area contributed by atoms with Gasteiger partial charge in [-0.25, -0.2) is 8.78 Å². The van der Waals surface area contributed by atoms with Gasteiger partial charge in [-0.1, -0.05) is 13.8 Å². The van der Waals surface area contributed by atoms with Gasteiger partial charge in [-0.05, 0) is 29.5 Å². The summed E-state index contributed by atoms with van der Waals surface area (Å²) in [7, 11) is 0. The lowest BCUT2D eigenvalue weighted by atomic mass is 9.90. The molecule has 0 aliphatic heterocycles. The highest BCUT2D eigenvalue weighted by Gasteiger charge is 2.16. The van der Waals surface area contributed by atoms with Crippen LogP contribution >= 0.6 is 0 Å². The zero-order valence-electron chi connectivity index (χ0n) is 10.3. The molecule has 2 N–H and O–H groups in total. The van der Waals surface area contributed by atoms with Gasteiger partial charge in [-0.3, -0.25) is 0 Å². The van der Waals surface area contributed by atoms with Gasteiger partial charge in [0.05, 0.1) is 0 Å². The smallest absolute Gasteiger partial charge is 0.126 e. The zero-order valence-corrected chi connectivity index (χ0v) is 10.3. The van der Waals surface area contributed by atoms with Gasteiger partial charge < -0.3 is 10.4 Å². The summed E-state index contributed by atoms with van der Waals surface area (Å²) in [6, 6.07) is 3.49. The predicted molar refractivity (Wildman–Crippen MR) is 63.5 cm³/mol. The first-order valence-electron chi connectivity index (χ1n) is 5.69. The molecule has 2 nitrogen and oxygen atoms in total. The Kier molecular flexibility index (Phi) is 5.02. The second kappa shape index (κ2) is 6.07. The van der Waals surface area contributed by atoms with Crippen molar-refractivity contribution in [1.29, 1.82) is 0 Å². The first-order chi connectivity index (χ1) is 7.93. The quantitative estimate of drug-likeness (QED) is 0.804. The van der Waals surface area contributed by atoms with Crippen molar-refractivity contribution in [2.45, 2.75) is 26.8 Å². The minimum atomic E-state index is -0.559. The van der Waals surface area contributed by atoms with Gasteiger partial charge in [0.15, 0.2) is 0 Å². The van der Waals surface area contributed by atoms with Crippen molar-refractivity contribution in [3.63, 3.8) is 0 Å². The van der Waals surface area contributed by atoms with Crippen molar-refractivity contribution in [1.82, 2.24) is 5.32 Å². The minimum absolute atomic E-state index is 0.0272. The second-order valence-electron chi connectivity index (χ2n) is 5.02. The molecular formula is C13H19F2NO. The molecule has 17 heavy (non-hydrogen) atoms. The highest BCUT2D eigenvalue weighted by atomic mass is 19.1. The van der Waals surface area contributed by atoms with Gasteiger partial charge in [0, 0.05) is 25.8 Å². The molecule has 1 rings (SSSR count). The average molecular weight is 243 g/mol. The van der Waals surface area contributed by atoms with Crippen LogP contribution in [0.25, 0.3) is 0 Å². The summed E-state index contributed by atoms with van der Waals surface area (Å²) in [5.74, 6) is -1.12. The number of hydrogen-bond donors (Lipinski definition) is 2. The largest absolute Gasteiger partial charge is 0.396 e. The van der Waals surface area contributed by atoms with E-state index in [1.165, 1.54) is 12.1 Å². The standard InChI is InChI=1S/C13H19F2NO/c1-13(2,3-4-17)9-16-8-10-5-11(14)7-12(15)6-10/h5-7,16-17H,3-4,8-9H2,1-2H3. The Hall–Kier alpha value is -1.00. The topological polar surface area (TPSA) is 32.3 Å². The van der Waals surface area contributed by atoms with Gasteiger partial charge in [0.1, 0.15) is 11.6 Å². The summed E-state index contributed by atoms with van der Waals surface area (Å²) in [5.41, 5.74) is 0.558. The van der Waals surface area contributed by atoms with Gasteiger partial charge in [0.25, 0.3) is 0 Å². The van der Waals surface area contributed by atoms with E-state index < -0.39 is 11.6 Å². The molecule has 1 aromatic rings. The number of aliphatic hydroxyl groups excluding tert-OH is 1. The van der Waals surface area contributed by atoms with Crippen LogP contribution in [-0.4, -0.2) is 18.3 Å². The van der Waals surface area contributed by atoms with Crippen molar-refractivity contribution < 1.29 is 13.9 Å². The Morgan fingerprint density at radius 2 is 1.76 bits per heavy atom. The maximum atomic E-state index is 12.9. The van der Waals surface area contributed by atoms with Crippen molar-refractivity contribution in [2.24, 2.45) is 5.41 Å². The zero-order chi connectivity index (χ0) is 12.9. The molecule has 0 heterocycles. The van der Waals surface area contributed by atoms with Crippen LogP contribution in [0.3, 0.4) is 0 Å². The lowest BCUT2D eigenvalue weighted by Gasteiger charge is -2.24. The van der Waals surface area contributed by atoms with E-state index in [9.17, 15) is 8.78 Å². The molecular weight excluding hydrogens is 224 g/mol. The van der Waals surface area contributed by atoms with E-state index in [0.717, 1.165) is 6.07 Å². The molecule has 0 amide bonds. The number of nitrogens with one attached hydrogen (secondary N) is 1. The normalized spacial score (nSPS) is 11.8. The van der Waals surface area contributed by atoms with Crippen LogP contribution in [0.2, 0.25) is 0 Å². The average Bonchev–Trinajstić information content (AvgIpc) is 2.15. The van der Waals surface area contributed by atoms with Crippen LogP contribution in [0.15, 0.2) is 18.2 Å². The minimum Gasteiger partial charge on any atom is -0.396 e. The lowest BCUT2D eigenvalue weighted by Crippen LogP contribution is -2.29. The molecule has 0 saturated carbocycles. The third-order valence-corrected chi connectivity index (χ3v) is 2.64. The summed E-state index contributed by atoms with van der Waals surface area (Å²) in [5, 5.41) is 12.0. The number of halogens is 2. The first kappa shape index (κ1) is 14.1. The molecule has 0 aromatic heterocycles. The van der Waals surface area contributed by atoms with Crippen molar-refractivity contribution >= 4 is 0 Å². The van der Waals surface area contributed by atoms with E-state index in [1.807, 2.05) is 13.8 Å². The summed E-state index contributed by atoms with van der Waals surface area (Å²) in [6.07, 6.45) is 0.692. The van der Waals surface area contributed by atoms with Gasteiger partial charge >= 0.3 is 0 Å². The highest BCUT2D eigenvalue weighted by Crippen LogP contribution is 2.18. The van der Waals surface area contributed by atoms with Crippen molar-refractivity contribution in [2.75, 3.05) is 13.2 Å². The Labute approximate surface area is 101 Å². The number of hydrogen-bond acceptors (Lipinski definition) is 2. The summed E-state index contributed by atoms with van der Waals surface area (Å²) >= 11 is 0. The molecule has 96 valence electrons. The molecule has 0 radical (unpaired) electrons. The molecule has 0 bridgehead atoms. The SMILES string of the molecule is CC(C)(CCO)CNCc1cc(F)cc(F)c1. The van der Waals surface area contributed by atoms with Crippen molar-refractivity contribution in [3.8, 4) is 0 Å². The fourth-order valence-electron chi connectivity index (χ4n) is 1.65. The third kappa shape index (κ3) is 5.24. The Balaban J connectivity index is 2.45. The molecule has 0 spiro atoms. The molecule has 1 aromatic carbocycles. The van der Waals surface area contributed by atoms with Gasteiger partial charge in [-0.15, -0.1) is 0 Å². The highest BCUT2D eigenvalue weighted by molar-refractivity contribution is 5.17. The first-order valence-corrected chi connectivity index (χ1v) is 5.69. The Morgan fingerprint density at radius 3 is 2.29 bits per heavy atom. The van der Waals surface area contributed by atoms with E-state index >= 15 is 0 Å². The third-order valence-electron chi connectivity index (χ3n) is 2.64.